The van der Waals surface area contributed by atoms with Crippen LogP contribution < -0.4 is 5.32 Å². The van der Waals surface area contributed by atoms with Gasteiger partial charge in [-0.05, 0) is 47.0 Å². The molecule has 1 aromatic rings. The summed E-state index contributed by atoms with van der Waals surface area (Å²) in [6.45, 7) is 2.11. The van der Waals surface area contributed by atoms with Gasteiger partial charge in [0.05, 0.1) is 5.02 Å². The molecular weight excluding hydrogens is 344 g/mol. The van der Waals surface area contributed by atoms with Gasteiger partial charge in [-0.15, -0.1) is 0 Å². The SMILES string of the molecule is O=C(NCCCN1CCCC1=O)c1ccc(Cl)c(Br)c1. The zero-order valence-corrected chi connectivity index (χ0v) is 13.3. The molecule has 0 radical (unpaired) electrons. The molecule has 0 aliphatic carbocycles. The third-order valence-corrected chi connectivity index (χ3v) is 4.46. The summed E-state index contributed by atoms with van der Waals surface area (Å²) in [6, 6.07) is 5.07. The number of carbonyl (C=O) groups is 2. The second-order valence-corrected chi connectivity index (χ2v) is 5.98. The van der Waals surface area contributed by atoms with Crippen molar-refractivity contribution in [3.63, 3.8) is 0 Å². The van der Waals surface area contributed by atoms with Crippen molar-refractivity contribution in [2.75, 3.05) is 19.6 Å². The molecule has 2 rings (SSSR count). The fourth-order valence-corrected chi connectivity index (χ4v) is 2.65. The summed E-state index contributed by atoms with van der Waals surface area (Å²) in [5.41, 5.74) is 0.568. The van der Waals surface area contributed by atoms with Crippen LogP contribution in [0.5, 0.6) is 0 Å². The lowest BCUT2D eigenvalue weighted by Gasteiger charge is -2.15. The van der Waals surface area contributed by atoms with E-state index in [9.17, 15) is 9.59 Å². The number of nitrogens with one attached hydrogen (secondary N) is 1. The molecule has 1 fully saturated rings. The average Bonchev–Trinajstić information content (AvgIpc) is 2.83. The standard InChI is InChI=1S/C14H16BrClN2O2/c15-11-9-10(4-5-12(11)16)14(20)17-6-2-8-18-7-1-3-13(18)19/h4-5,9H,1-3,6-8H2,(H,17,20). The fraction of sp³-hybridized carbons (Fsp3) is 0.429. The number of benzene rings is 1. The van der Waals surface area contributed by atoms with Crippen molar-refractivity contribution in [3.05, 3.63) is 33.3 Å². The molecule has 6 heteroatoms. The van der Waals surface area contributed by atoms with Crippen LogP contribution in [0.4, 0.5) is 0 Å². The molecule has 1 saturated heterocycles. The normalized spacial score (nSPS) is 14.7. The highest BCUT2D eigenvalue weighted by atomic mass is 79.9. The maximum atomic E-state index is 11.9. The summed E-state index contributed by atoms with van der Waals surface area (Å²) in [7, 11) is 0. The van der Waals surface area contributed by atoms with Gasteiger partial charge in [0.1, 0.15) is 0 Å². The number of amides is 2. The van der Waals surface area contributed by atoms with Crippen molar-refractivity contribution >= 4 is 39.3 Å². The molecule has 1 aliphatic heterocycles. The van der Waals surface area contributed by atoms with Crippen LogP contribution >= 0.6 is 27.5 Å². The monoisotopic (exact) mass is 358 g/mol. The van der Waals surface area contributed by atoms with E-state index in [2.05, 4.69) is 21.2 Å². The minimum Gasteiger partial charge on any atom is -0.352 e. The molecule has 0 saturated carbocycles. The van der Waals surface area contributed by atoms with E-state index in [0.717, 1.165) is 19.4 Å². The van der Waals surface area contributed by atoms with E-state index in [4.69, 9.17) is 11.6 Å². The minimum absolute atomic E-state index is 0.130. The summed E-state index contributed by atoms with van der Waals surface area (Å²) >= 11 is 9.17. The first-order valence-corrected chi connectivity index (χ1v) is 7.76. The second kappa shape index (κ2) is 7.09. The Morgan fingerprint density at radius 2 is 2.25 bits per heavy atom. The molecule has 108 valence electrons. The van der Waals surface area contributed by atoms with Gasteiger partial charge < -0.3 is 10.2 Å². The van der Waals surface area contributed by atoms with Gasteiger partial charge in [-0.1, -0.05) is 11.6 Å². The van der Waals surface area contributed by atoms with E-state index < -0.39 is 0 Å². The van der Waals surface area contributed by atoms with Crippen LogP contribution in [-0.2, 0) is 4.79 Å². The molecule has 2 amide bonds. The first-order chi connectivity index (χ1) is 9.58. The average molecular weight is 360 g/mol. The molecular formula is C14H16BrClN2O2. The predicted octanol–water partition coefficient (Wildman–Crippen LogP) is 2.84. The number of likely N-dealkylation sites (tertiary alicyclic amines) is 1. The van der Waals surface area contributed by atoms with Gasteiger partial charge in [-0.25, -0.2) is 0 Å². The molecule has 0 spiro atoms. The highest BCUT2D eigenvalue weighted by Crippen LogP contribution is 2.23. The topological polar surface area (TPSA) is 49.4 Å². The quantitative estimate of drug-likeness (QED) is 0.822. The first kappa shape index (κ1) is 15.3. The van der Waals surface area contributed by atoms with E-state index in [-0.39, 0.29) is 11.8 Å². The van der Waals surface area contributed by atoms with Crippen molar-refractivity contribution < 1.29 is 9.59 Å². The van der Waals surface area contributed by atoms with Gasteiger partial charge in [-0.2, -0.15) is 0 Å². The Labute approximate surface area is 131 Å². The summed E-state index contributed by atoms with van der Waals surface area (Å²) in [5, 5.41) is 3.42. The van der Waals surface area contributed by atoms with Crippen LogP contribution in [0.25, 0.3) is 0 Å². The fourth-order valence-electron chi connectivity index (χ4n) is 2.15. The number of halogens is 2. The highest BCUT2D eigenvalue weighted by molar-refractivity contribution is 9.10. The summed E-state index contributed by atoms with van der Waals surface area (Å²) in [5.74, 6) is 0.0908. The van der Waals surface area contributed by atoms with E-state index in [1.54, 1.807) is 18.2 Å². The molecule has 4 nitrogen and oxygen atoms in total. The number of carbonyl (C=O) groups excluding carboxylic acids is 2. The molecule has 0 bridgehead atoms. The van der Waals surface area contributed by atoms with Crippen LogP contribution in [0.1, 0.15) is 29.6 Å². The van der Waals surface area contributed by atoms with Gasteiger partial charge in [0, 0.05) is 36.1 Å². The molecule has 1 aromatic carbocycles. The van der Waals surface area contributed by atoms with Crippen LogP contribution in [0.3, 0.4) is 0 Å². The van der Waals surface area contributed by atoms with Crippen LogP contribution in [0.15, 0.2) is 22.7 Å². The Balaban J connectivity index is 1.74. The maximum absolute atomic E-state index is 11.9. The van der Waals surface area contributed by atoms with Gasteiger partial charge >= 0.3 is 0 Å². The van der Waals surface area contributed by atoms with E-state index in [1.165, 1.54) is 0 Å². The lowest BCUT2D eigenvalue weighted by molar-refractivity contribution is -0.127. The van der Waals surface area contributed by atoms with Gasteiger partial charge in [-0.3, -0.25) is 9.59 Å². The number of hydrogen-bond donors (Lipinski definition) is 1. The Morgan fingerprint density at radius 3 is 2.90 bits per heavy atom. The van der Waals surface area contributed by atoms with Crippen LogP contribution in [0, 0.1) is 0 Å². The Kier molecular flexibility index (Phi) is 5.43. The van der Waals surface area contributed by atoms with Crippen molar-refractivity contribution in [2.45, 2.75) is 19.3 Å². The highest BCUT2D eigenvalue weighted by Gasteiger charge is 2.19. The molecule has 0 unspecified atom stereocenters. The van der Waals surface area contributed by atoms with Gasteiger partial charge in [0.15, 0.2) is 0 Å². The Morgan fingerprint density at radius 1 is 1.45 bits per heavy atom. The first-order valence-electron chi connectivity index (χ1n) is 6.59. The molecule has 1 N–H and O–H groups in total. The van der Waals surface area contributed by atoms with E-state index >= 15 is 0 Å². The van der Waals surface area contributed by atoms with Crippen molar-refractivity contribution in [2.24, 2.45) is 0 Å². The lowest BCUT2D eigenvalue weighted by Crippen LogP contribution is -2.30. The Hall–Kier alpha value is -1.07. The number of rotatable bonds is 5. The summed E-state index contributed by atoms with van der Waals surface area (Å²) in [6.07, 6.45) is 2.38. The van der Waals surface area contributed by atoms with Gasteiger partial charge in [0.25, 0.3) is 5.91 Å². The third-order valence-electron chi connectivity index (χ3n) is 3.24. The summed E-state index contributed by atoms with van der Waals surface area (Å²) in [4.78, 5) is 25.2. The molecule has 0 aromatic heterocycles. The minimum atomic E-state index is -0.130. The van der Waals surface area contributed by atoms with Crippen molar-refractivity contribution in [1.82, 2.24) is 10.2 Å². The smallest absolute Gasteiger partial charge is 0.251 e. The maximum Gasteiger partial charge on any atom is 0.251 e. The van der Waals surface area contributed by atoms with Crippen molar-refractivity contribution in [1.29, 1.82) is 0 Å². The largest absolute Gasteiger partial charge is 0.352 e. The zero-order chi connectivity index (χ0) is 14.5. The second-order valence-electron chi connectivity index (χ2n) is 4.72. The van der Waals surface area contributed by atoms with E-state index in [0.29, 0.717) is 34.6 Å². The molecule has 0 atom stereocenters. The van der Waals surface area contributed by atoms with Crippen LogP contribution in [-0.4, -0.2) is 36.3 Å². The lowest BCUT2D eigenvalue weighted by atomic mass is 10.2. The summed E-state index contributed by atoms with van der Waals surface area (Å²) < 4.78 is 0.703. The molecule has 1 heterocycles. The molecule has 1 aliphatic rings. The predicted molar refractivity (Wildman–Crippen MR) is 81.9 cm³/mol. The number of nitrogens with zero attached hydrogens (tertiary/aromatic N) is 1. The molecule has 20 heavy (non-hydrogen) atoms. The number of hydrogen-bond acceptors (Lipinski definition) is 2. The zero-order valence-electron chi connectivity index (χ0n) is 11.0. The van der Waals surface area contributed by atoms with Crippen molar-refractivity contribution in [3.8, 4) is 0 Å². The van der Waals surface area contributed by atoms with Crippen LogP contribution in [0.2, 0.25) is 5.02 Å². The van der Waals surface area contributed by atoms with E-state index in [1.807, 2.05) is 4.90 Å². The van der Waals surface area contributed by atoms with Gasteiger partial charge in [0.2, 0.25) is 5.91 Å². The Bertz CT molecular complexity index is 522. The third kappa shape index (κ3) is 3.96.